The van der Waals surface area contributed by atoms with E-state index in [1.165, 1.54) is 0 Å². The molecule has 4 nitrogen and oxygen atoms in total. The predicted molar refractivity (Wildman–Crippen MR) is 85.1 cm³/mol. The van der Waals surface area contributed by atoms with Crippen LogP contribution < -0.4 is 18.9 Å². The van der Waals surface area contributed by atoms with E-state index in [1.807, 2.05) is 36.4 Å². The highest BCUT2D eigenvalue weighted by Crippen LogP contribution is 2.25. The van der Waals surface area contributed by atoms with Crippen LogP contribution in [0.2, 0.25) is 0 Å². The zero-order valence-electron chi connectivity index (χ0n) is 13.1. The van der Waals surface area contributed by atoms with Crippen molar-refractivity contribution in [2.45, 2.75) is 0 Å². The third kappa shape index (κ3) is 3.44. The van der Waals surface area contributed by atoms with E-state index in [0.29, 0.717) is 11.5 Å². The molecule has 2 aromatic carbocycles. The largest absolute Gasteiger partial charge is 0.497 e. The van der Waals surface area contributed by atoms with Crippen LogP contribution in [0.1, 0.15) is 11.1 Å². The summed E-state index contributed by atoms with van der Waals surface area (Å²) in [5.41, 5.74) is 1.48. The SMILES string of the molecule is COc1ccc(OC)c(C#Cc2cc(OC)ccc2OC)c1. The van der Waals surface area contributed by atoms with E-state index in [4.69, 9.17) is 18.9 Å². The van der Waals surface area contributed by atoms with Crippen LogP contribution in [0.25, 0.3) is 0 Å². The fraction of sp³-hybridized carbons (Fsp3) is 0.222. The molecule has 0 saturated heterocycles. The summed E-state index contributed by atoms with van der Waals surface area (Å²) in [5, 5.41) is 0. The minimum Gasteiger partial charge on any atom is -0.497 e. The molecular formula is C18H18O4. The van der Waals surface area contributed by atoms with Crippen molar-refractivity contribution in [1.82, 2.24) is 0 Å². The second-order valence-electron chi connectivity index (χ2n) is 4.38. The fourth-order valence-corrected chi connectivity index (χ4v) is 1.96. The summed E-state index contributed by atoms with van der Waals surface area (Å²) < 4.78 is 21.1. The molecule has 0 N–H and O–H groups in total. The summed E-state index contributed by atoms with van der Waals surface area (Å²) in [4.78, 5) is 0. The summed E-state index contributed by atoms with van der Waals surface area (Å²) in [6.07, 6.45) is 0. The summed E-state index contributed by atoms with van der Waals surface area (Å²) >= 11 is 0. The quantitative estimate of drug-likeness (QED) is 0.813. The van der Waals surface area contributed by atoms with Gasteiger partial charge >= 0.3 is 0 Å². The molecule has 0 aliphatic rings. The zero-order chi connectivity index (χ0) is 15.9. The molecule has 22 heavy (non-hydrogen) atoms. The maximum Gasteiger partial charge on any atom is 0.134 e. The third-order valence-corrected chi connectivity index (χ3v) is 3.15. The molecule has 0 radical (unpaired) electrons. The van der Waals surface area contributed by atoms with Crippen molar-refractivity contribution in [3.63, 3.8) is 0 Å². The van der Waals surface area contributed by atoms with Gasteiger partial charge in [0.25, 0.3) is 0 Å². The maximum absolute atomic E-state index is 5.32. The fourth-order valence-electron chi connectivity index (χ4n) is 1.96. The number of ether oxygens (including phenoxy) is 4. The number of hydrogen-bond acceptors (Lipinski definition) is 4. The van der Waals surface area contributed by atoms with Gasteiger partial charge < -0.3 is 18.9 Å². The molecule has 0 spiro atoms. The Balaban J connectivity index is 2.45. The highest BCUT2D eigenvalue weighted by Gasteiger charge is 2.04. The van der Waals surface area contributed by atoms with Gasteiger partial charge in [-0.25, -0.2) is 0 Å². The Kier molecular flexibility index (Phi) is 5.16. The van der Waals surface area contributed by atoms with Crippen LogP contribution in [0.5, 0.6) is 23.0 Å². The highest BCUT2D eigenvalue weighted by atomic mass is 16.5. The van der Waals surface area contributed by atoms with E-state index in [0.717, 1.165) is 22.6 Å². The first-order valence-corrected chi connectivity index (χ1v) is 6.68. The molecule has 2 aromatic rings. The van der Waals surface area contributed by atoms with Gasteiger partial charge in [0.1, 0.15) is 23.0 Å². The second kappa shape index (κ2) is 7.28. The Morgan fingerprint density at radius 1 is 0.591 bits per heavy atom. The molecule has 0 aliphatic carbocycles. The van der Waals surface area contributed by atoms with Gasteiger partial charge in [0.05, 0.1) is 39.6 Å². The van der Waals surface area contributed by atoms with Crippen molar-refractivity contribution < 1.29 is 18.9 Å². The van der Waals surface area contributed by atoms with Gasteiger partial charge in [-0.3, -0.25) is 0 Å². The third-order valence-electron chi connectivity index (χ3n) is 3.15. The van der Waals surface area contributed by atoms with Crippen molar-refractivity contribution in [3.8, 4) is 34.8 Å². The molecule has 0 aromatic heterocycles. The molecule has 2 rings (SSSR count). The first-order chi connectivity index (χ1) is 10.7. The molecule has 0 bridgehead atoms. The van der Waals surface area contributed by atoms with E-state index in [2.05, 4.69) is 11.8 Å². The molecule has 0 saturated carbocycles. The van der Waals surface area contributed by atoms with Crippen molar-refractivity contribution in [2.75, 3.05) is 28.4 Å². The molecule has 0 atom stereocenters. The number of methoxy groups -OCH3 is 4. The molecular weight excluding hydrogens is 280 g/mol. The van der Waals surface area contributed by atoms with E-state index >= 15 is 0 Å². The number of rotatable bonds is 4. The van der Waals surface area contributed by atoms with Crippen LogP contribution >= 0.6 is 0 Å². The van der Waals surface area contributed by atoms with Gasteiger partial charge in [-0.1, -0.05) is 11.8 Å². The standard InChI is InChI=1S/C18H18O4/c1-19-15-7-9-17(21-3)13(11-15)5-6-14-12-16(20-2)8-10-18(14)22-4/h7-12H,1-4H3. The van der Waals surface area contributed by atoms with Gasteiger partial charge in [-0.2, -0.15) is 0 Å². The lowest BCUT2D eigenvalue weighted by atomic mass is 10.1. The van der Waals surface area contributed by atoms with Crippen LogP contribution in [-0.2, 0) is 0 Å². The minimum absolute atomic E-state index is 0.690. The molecule has 0 heterocycles. The summed E-state index contributed by atoms with van der Waals surface area (Å²) in [6, 6.07) is 11.0. The monoisotopic (exact) mass is 298 g/mol. The average Bonchev–Trinajstić information content (AvgIpc) is 2.59. The van der Waals surface area contributed by atoms with Gasteiger partial charge in [-0.15, -0.1) is 0 Å². The lowest BCUT2D eigenvalue weighted by Gasteiger charge is -2.07. The normalized spacial score (nSPS) is 9.45. The highest BCUT2D eigenvalue weighted by molar-refractivity contribution is 5.56. The van der Waals surface area contributed by atoms with Gasteiger partial charge in [0.2, 0.25) is 0 Å². The summed E-state index contributed by atoms with van der Waals surface area (Å²) in [5.74, 6) is 9.01. The van der Waals surface area contributed by atoms with E-state index in [9.17, 15) is 0 Å². The first-order valence-electron chi connectivity index (χ1n) is 6.68. The van der Waals surface area contributed by atoms with E-state index in [1.54, 1.807) is 28.4 Å². The molecule has 0 fully saturated rings. The maximum atomic E-state index is 5.32. The number of hydrogen-bond donors (Lipinski definition) is 0. The van der Waals surface area contributed by atoms with Crippen molar-refractivity contribution in [3.05, 3.63) is 47.5 Å². The average molecular weight is 298 g/mol. The Bertz CT molecular complexity index is 651. The summed E-state index contributed by atoms with van der Waals surface area (Å²) in [7, 11) is 6.45. The molecule has 0 amide bonds. The van der Waals surface area contributed by atoms with Crippen LogP contribution in [0.15, 0.2) is 36.4 Å². The van der Waals surface area contributed by atoms with Crippen molar-refractivity contribution in [2.24, 2.45) is 0 Å². The molecule has 4 heteroatoms. The van der Waals surface area contributed by atoms with Crippen LogP contribution in [-0.4, -0.2) is 28.4 Å². The Morgan fingerprint density at radius 2 is 1.00 bits per heavy atom. The second-order valence-corrected chi connectivity index (χ2v) is 4.38. The van der Waals surface area contributed by atoms with E-state index < -0.39 is 0 Å². The summed E-state index contributed by atoms with van der Waals surface area (Å²) in [6.45, 7) is 0. The Morgan fingerprint density at radius 3 is 1.32 bits per heavy atom. The van der Waals surface area contributed by atoms with Crippen LogP contribution in [0.4, 0.5) is 0 Å². The molecule has 114 valence electrons. The van der Waals surface area contributed by atoms with Gasteiger partial charge in [0, 0.05) is 0 Å². The number of benzene rings is 2. The van der Waals surface area contributed by atoms with Crippen molar-refractivity contribution in [1.29, 1.82) is 0 Å². The molecule has 0 aliphatic heterocycles. The molecule has 0 unspecified atom stereocenters. The lowest BCUT2D eigenvalue weighted by molar-refractivity contribution is 0.401. The lowest BCUT2D eigenvalue weighted by Crippen LogP contribution is -1.92. The Hall–Kier alpha value is -2.80. The smallest absolute Gasteiger partial charge is 0.134 e. The predicted octanol–water partition coefficient (Wildman–Crippen LogP) is 3.12. The Labute approximate surface area is 130 Å². The minimum atomic E-state index is 0.690. The van der Waals surface area contributed by atoms with E-state index in [-0.39, 0.29) is 0 Å². The van der Waals surface area contributed by atoms with Crippen molar-refractivity contribution >= 4 is 0 Å². The van der Waals surface area contributed by atoms with Crippen LogP contribution in [0.3, 0.4) is 0 Å². The zero-order valence-corrected chi connectivity index (χ0v) is 13.1. The first kappa shape index (κ1) is 15.6. The van der Waals surface area contributed by atoms with Gasteiger partial charge in [-0.05, 0) is 36.4 Å². The van der Waals surface area contributed by atoms with Crippen LogP contribution in [0, 0.1) is 11.8 Å². The van der Waals surface area contributed by atoms with Gasteiger partial charge in [0.15, 0.2) is 0 Å². The topological polar surface area (TPSA) is 36.9 Å².